The highest BCUT2D eigenvalue weighted by Crippen LogP contribution is 2.32. The minimum absolute atomic E-state index is 0.0509. The maximum atomic E-state index is 5.72. The van der Waals surface area contributed by atoms with Gasteiger partial charge in [0.2, 0.25) is 0 Å². The summed E-state index contributed by atoms with van der Waals surface area (Å²) in [5.74, 6) is 1.26. The molecule has 0 aromatic heterocycles. The van der Waals surface area contributed by atoms with Gasteiger partial charge in [0.25, 0.3) is 0 Å². The average molecular weight is 182 g/mol. The summed E-state index contributed by atoms with van der Waals surface area (Å²) in [6.45, 7) is 5.12. The van der Waals surface area contributed by atoms with E-state index in [-0.39, 0.29) is 12.4 Å². The summed E-state index contributed by atoms with van der Waals surface area (Å²) in [6.07, 6.45) is 7.12. The molecular formula is C11H18O2. The van der Waals surface area contributed by atoms with Gasteiger partial charge < -0.3 is 9.47 Å². The third-order valence-corrected chi connectivity index (χ3v) is 3.02. The Balaban J connectivity index is 1.96. The van der Waals surface area contributed by atoms with E-state index in [1.807, 2.05) is 0 Å². The number of hydrogen-bond donors (Lipinski definition) is 0. The summed E-state index contributed by atoms with van der Waals surface area (Å²) in [5, 5.41) is 0. The van der Waals surface area contributed by atoms with Crippen molar-refractivity contribution >= 4 is 0 Å². The van der Waals surface area contributed by atoms with Crippen molar-refractivity contribution in [1.29, 1.82) is 0 Å². The van der Waals surface area contributed by atoms with Gasteiger partial charge in [0, 0.05) is 5.92 Å². The Morgan fingerprint density at radius 2 is 1.92 bits per heavy atom. The van der Waals surface area contributed by atoms with Crippen LogP contribution in [0, 0.1) is 11.8 Å². The molecule has 1 aliphatic heterocycles. The summed E-state index contributed by atoms with van der Waals surface area (Å²) in [5.41, 5.74) is 0. The zero-order valence-electron chi connectivity index (χ0n) is 8.40. The van der Waals surface area contributed by atoms with Crippen LogP contribution in [0.1, 0.15) is 26.7 Å². The lowest BCUT2D eigenvalue weighted by molar-refractivity contribution is -0.108. The molecule has 2 nitrogen and oxygen atoms in total. The maximum absolute atomic E-state index is 5.72. The first-order valence-electron chi connectivity index (χ1n) is 5.19. The third-order valence-electron chi connectivity index (χ3n) is 3.02. The van der Waals surface area contributed by atoms with E-state index in [0.29, 0.717) is 11.8 Å². The van der Waals surface area contributed by atoms with Crippen LogP contribution in [0.3, 0.4) is 0 Å². The lowest BCUT2D eigenvalue weighted by Gasteiger charge is -2.29. The fourth-order valence-electron chi connectivity index (χ4n) is 2.11. The van der Waals surface area contributed by atoms with E-state index in [1.165, 1.54) is 6.42 Å². The van der Waals surface area contributed by atoms with Crippen LogP contribution < -0.4 is 0 Å². The number of allylic oxidation sites excluding steroid dienone is 2. The smallest absolute Gasteiger partial charge is 0.161 e. The molecular weight excluding hydrogens is 164 g/mol. The van der Waals surface area contributed by atoms with Gasteiger partial charge in [-0.15, -0.1) is 0 Å². The Bertz CT molecular complexity index is 200. The van der Waals surface area contributed by atoms with Crippen molar-refractivity contribution in [2.24, 2.45) is 11.8 Å². The highest BCUT2D eigenvalue weighted by Gasteiger charge is 2.33. The maximum Gasteiger partial charge on any atom is 0.161 e. The van der Waals surface area contributed by atoms with Crippen molar-refractivity contribution in [2.75, 3.05) is 6.61 Å². The molecule has 0 aromatic rings. The van der Waals surface area contributed by atoms with E-state index in [1.54, 1.807) is 0 Å². The summed E-state index contributed by atoms with van der Waals surface area (Å²) >= 11 is 0. The first-order chi connectivity index (χ1) is 6.27. The van der Waals surface area contributed by atoms with Crippen molar-refractivity contribution in [3.8, 4) is 0 Å². The van der Waals surface area contributed by atoms with E-state index in [9.17, 15) is 0 Å². The van der Waals surface area contributed by atoms with Crippen LogP contribution in [-0.2, 0) is 9.47 Å². The second kappa shape index (κ2) is 3.81. The van der Waals surface area contributed by atoms with Gasteiger partial charge in [0.15, 0.2) is 6.29 Å². The molecule has 0 N–H and O–H groups in total. The molecule has 1 fully saturated rings. The first-order valence-corrected chi connectivity index (χ1v) is 5.19. The van der Waals surface area contributed by atoms with Crippen LogP contribution in [0.15, 0.2) is 12.2 Å². The molecule has 4 atom stereocenters. The Hall–Kier alpha value is -0.340. The van der Waals surface area contributed by atoms with E-state index in [0.717, 1.165) is 13.0 Å². The molecule has 0 spiro atoms. The number of hydrogen-bond acceptors (Lipinski definition) is 2. The topological polar surface area (TPSA) is 18.5 Å². The van der Waals surface area contributed by atoms with Crippen LogP contribution in [0.2, 0.25) is 0 Å². The molecule has 74 valence electrons. The van der Waals surface area contributed by atoms with E-state index in [4.69, 9.17) is 9.47 Å². The van der Waals surface area contributed by atoms with Crippen LogP contribution in [0.4, 0.5) is 0 Å². The van der Waals surface area contributed by atoms with Gasteiger partial charge in [-0.05, 0) is 25.7 Å². The van der Waals surface area contributed by atoms with Gasteiger partial charge in [0.05, 0.1) is 12.7 Å². The van der Waals surface area contributed by atoms with E-state index >= 15 is 0 Å². The fourth-order valence-corrected chi connectivity index (χ4v) is 2.11. The quantitative estimate of drug-likeness (QED) is 0.579. The van der Waals surface area contributed by atoms with Gasteiger partial charge >= 0.3 is 0 Å². The normalized spacial score (nSPS) is 45.4. The van der Waals surface area contributed by atoms with Crippen LogP contribution in [0.5, 0.6) is 0 Å². The monoisotopic (exact) mass is 182 g/mol. The Kier molecular flexibility index (Phi) is 2.70. The molecule has 0 amide bonds. The minimum Gasteiger partial charge on any atom is -0.350 e. The first kappa shape index (κ1) is 9.22. The van der Waals surface area contributed by atoms with Crippen molar-refractivity contribution in [3.05, 3.63) is 12.2 Å². The van der Waals surface area contributed by atoms with Gasteiger partial charge in [-0.2, -0.15) is 0 Å². The minimum atomic E-state index is 0.0509. The highest BCUT2D eigenvalue weighted by molar-refractivity contribution is 4.94. The predicted molar refractivity (Wildman–Crippen MR) is 51.3 cm³/mol. The lowest BCUT2D eigenvalue weighted by Crippen LogP contribution is -2.28. The SMILES string of the molecule is CC1COC(C2CC=CCC2C)O1. The second-order valence-electron chi connectivity index (χ2n) is 4.23. The zero-order valence-corrected chi connectivity index (χ0v) is 8.40. The summed E-state index contributed by atoms with van der Waals surface area (Å²) in [6, 6.07) is 0. The molecule has 0 saturated carbocycles. The average Bonchev–Trinajstić information content (AvgIpc) is 2.53. The molecule has 0 bridgehead atoms. The Labute approximate surface area is 79.9 Å². The molecule has 0 aromatic carbocycles. The number of rotatable bonds is 1. The molecule has 2 rings (SSSR count). The Morgan fingerprint density at radius 1 is 1.15 bits per heavy atom. The lowest BCUT2D eigenvalue weighted by atomic mass is 9.84. The van der Waals surface area contributed by atoms with Crippen LogP contribution >= 0.6 is 0 Å². The van der Waals surface area contributed by atoms with Crippen molar-refractivity contribution in [1.82, 2.24) is 0 Å². The van der Waals surface area contributed by atoms with Crippen LogP contribution in [-0.4, -0.2) is 19.0 Å². The molecule has 2 aliphatic rings. The van der Waals surface area contributed by atoms with Gasteiger partial charge in [-0.1, -0.05) is 19.1 Å². The molecule has 13 heavy (non-hydrogen) atoms. The zero-order chi connectivity index (χ0) is 9.26. The second-order valence-corrected chi connectivity index (χ2v) is 4.23. The van der Waals surface area contributed by atoms with Crippen molar-refractivity contribution < 1.29 is 9.47 Å². The predicted octanol–water partition coefficient (Wildman–Crippen LogP) is 2.35. The molecule has 1 aliphatic carbocycles. The summed E-state index contributed by atoms with van der Waals surface area (Å²) in [7, 11) is 0. The molecule has 1 heterocycles. The van der Waals surface area contributed by atoms with Gasteiger partial charge in [-0.3, -0.25) is 0 Å². The van der Waals surface area contributed by atoms with Gasteiger partial charge in [0.1, 0.15) is 0 Å². The Morgan fingerprint density at radius 3 is 2.54 bits per heavy atom. The molecule has 1 saturated heterocycles. The van der Waals surface area contributed by atoms with Gasteiger partial charge in [-0.25, -0.2) is 0 Å². The highest BCUT2D eigenvalue weighted by atomic mass is 16.7. The van der Waals surface area contributed by atoms with E-state index in [2.05, 4.69) is 26.0 Å². The van der Waals surface area contributed by atoms with E-state index < -0.39 is 0 Å². The summed E-state index contributed by atoms with van der Waals surface area (Å²) < 4.78 is 11.3. The largest absolute Gasteiger partial charge is 0.350 e. The number of ether oxygens (including phenoxy) is 2. The molecule has 2 heteroatoms. The fraction of sp³-hybridized carbons (Fsp3) is 0.818. The molecule has 4 unspecified atom stereocenters. The third kappa shape index (κ3) is 1.94. The van der Waals surface area contributed by atoms with Crippen molar-refractivity contribution in [3.63, 3.8) is 0 Å². The molecule has 0 radical (unpaired) electrons. The standard InChI is InChI=1S/C11H18O2/c1-8-5-3-4-6-10(8)11-12-7-9(2)13-11/h3-4,8-11H,5-7H2,1-2H3. The van der Waals surface area contributed by atoms with Crippen molar-refractivity contribution in [2.45, 2.75) is 39.1 Å². The van der Waals surface area contributed by atoms with Crippen LogP contribution in [0.25, 0.3) is 0 Å². The summed E-state index contributed by atoms with van der Waals surface area (Å²) in [4.78, 5) is 0.